The van der Waals surface area contributed by atoms with Crippen LogP contribution in [0.1, 0.15) is 31.0 Å². The molecule has 1 aliphatic heterocycles. The molecule has 1 aromatic carbocycles. The van der Waals surface area contributed by atoms with Gasteiger partial charge in [-0.25, -0.2) is 9.37 Å². The second-order valence-corrected chi connectivity index (χ2v) is 6.73. The lowest BCUT2D eigenvalue weighted by Crippen LogP contribution is -2.33. The van der Waals surface area contributed by atoms with Crippen molar-refractivity contribution >= 4 is 17.5 Å². The van der Waals surface area contributed by atoms with Crippen LogP contribution in [0.3, 0.4) is 0 Å². The Balaban J connectivity index is 1.50. The first-order chi connectivity index (χ1) is 13.1. The summed E-state index contributed by atoms with van der Waals surface area (Å²) in [4.78, 5) is 23.2. The first-order valence-electron chi connectivity index (χ1n) is 9.13. The molecule has 0 radical (unpaired) electrons. The molecule has 0 saturated carbocycles. The molecule has 4 rings (SSSR count). The molecule has 1 atom stereocenters. The van der Waals surface area contributed by atoms with E-state index in [1.54, 1.807) is 21.5 Å². The molecule has 27 heavy (non-hydrogen) atoms. The Hall–Kier alpha value is -3.03. The van der Waals surface area contributed by atoms with E-state index in [1.165, 1.54) is 18.5 Å². The van der Waals surface area contributed by atoms with Gasteiger partial charge < -0.3 is 10.2 Å². The number of rotatable bonds is 6. The number of halogens is 1. The zero-order chi connectivity index (χ0) is 18.8. The van der Waals surface area contributed by atoms with E-state index in [1.807, 2.05) is 6.07 Å². The van der Waals surface area contributed by atoms with E-state index in [-0.39, 0.29) is 17.8 Å². The first-order valence-corrected chi connectivity index (χ1v) is 9.13. The van der Waals surface area contributed by atoms with Gasteiger partial charge in [0, 0.05) is 24.8 Å². The van der Waals surface area contributed by atoms with Gasteiger partial charge in [0.05, 0.1) is 0 Å². The molecule has 140 valence electrons. The van der Waals surface area contributed by atoms with Crippen LogP contribution in [0.2, 0.25) is 0 Å². The van der Waals surface area contributed by atoms with Gasteiger partial charge >= 0.3 is 0 Å². The number of fused-ring (bicyclic) bond motifs is 1. The van der Waals surface area contributed by atoms with Crippen LogP contribution in [0.4, 0.5) is 10.2 Å². The van der Waals surface area contributed by atoms with Gasteiger partial charge in [-0.1, -0.05) is 25.5 Å². The summed E-state index contributed by atoms with van der Waals surface area (Å²) in [6, 6.07) is 7.86. The van der Waals surface area contributed by atoms with Crippen molar-refractivity contribution in [2.75, 3.05) is 11.9 Å². The number of benzene rings is 1. The summed E-state index contributed by atoms with van der Waals surface area (Å²) in [6.45, 7) is 3.23. The van der Waals surface area contributed by atoms with Gasteiger partial charge in [-0.2, -0.15) is 14.6 Å². The number of hydrogen-bond donors (Lipinski definition) is 1. The molecular weight excluding hydrogens is 347 g/mol. The van der Waals surface area contributed by atoms with Gasteiger partial charge in [0.1, 0.15) is 24.0 Å². The lowest BCUT2D eigenvalue weighted by molar-refractivity contribution is -0.128. The average molecular weight is 368 g/mol. The van der Waals surface area contributed by atoms with Gasteiger partial charge in [0.15, 0.2) is 0 Å². The summed E-state index contributed by atoms with van der Waals surface area (Å²) in [5, 5.41) is 7.51. The molecule has 0 bridgehead atoms. The minimum Gasteiger partial charge on any atom is -0.358 e. The molecule has 3 aromatic rings. The second kappa shape index (κ2) is 7.30. The van der Waals surface area contributed by atoms with E-state index in [0.29, 0.717) is 25.3 Å². The van der Waals surface area contributed by atoms with Gasteiger partial charge in [-0.3, -0.25) is 4.79 Å². The maximum atomic E-state index is 13.1. The largest absolute Gasteiger partial charge is 0.358 e. The van der Waals surface area contributed by atoms with Crippen LogP contribution in [0.5, 0.6) is 0 Å². The number of nitrogens with zero attached hydrogens (tertiary/aromatic N) is 5. The summed E-state index contributed by atoms with van der Waals surface area (Å²) in [6.07, 6.45) is 3.97. The minimum atomic E-state index is -0.324. The summed E-state index contributed by atoms with van der Waals surface area (Å²) >= 11 is 0. The van der Waals surface area contributed by atoms with Crippen molar-refractivity contribution in [2.24, 2.45) is 0 Å². The minimum absolute atomic E-state index is 0.0291. The number of aromatic nitrogens is 4. The molecule has 1 fully saturated rings. The zero-order valence-corrected chi connectivity index (χ0v) is 15.1. The molecular formula is C19H21FN6O. The van der Waals surface area contributed by atoms with Crippen LogP contribution in [0, 0.1) is 5.82 Å². The van der Waals surface area contributed by atoms with E-state index < -0.39 is 0 Å². The summed E-state index contributed by atoms with van der Waals surface area (Å²) < 4.78 is 14.7. The molecule has 0 aliphatic carbocycles. The van der Waals surface area contributed by atoms with Crippen molar-refractivity contribution in [1.29, 1.82) is 0 Å². The quantitative estimate of drug-likeness (QED) is 0.723. The van der Waals surface area contributed by atoms with E-state index in [4.69, 9.17) is 0 Å². The maximum absolute atomic E-state index is 13.1. The second-order valence-electron chi connectivity index (χ2n) is 6.73. The Morgan fingerprint density at radius 3 is 2.89 bits per heavy atom. The van der Waals surface area contributed by atoms with E-state index in [9.17, 15) is 9.18 Å². The molecule has 0 spiro atoms. The monoisotopic (exact) mass is 368 g/mol. The third-order valence-electron chi connectivity index (χ3n) is 4.72. The number of aryl methyl sites for hydroxylation is 1. The Bertz CT molecular complexity index is 954. The molecule has 1 aliphatic rings. The molecule has 1 unspecified atom stereocenters. The predicted octanol–water partition coefficient (Wildman–Crippen LogP) is 2.43. The third kappa shape index (κ3) is 3.60. The van der Waals surface area contributed by atoms with Crippen molar-refractivity contribution in [3.05, 3.63) is 53.7 Å². The van der Waals surface area contributed by atoms with E-state index in [0.717, 1.165) is 29.9 Å². The summed E-state index contributed by atoms with van der Waals surface area (Å²) in [5.41, 5.74) is 1.84. The van der Waals surface area contributed by atoms with Crippen LogP contribution in [0.15, 0.2) is 36.7 Å². The lowest BCUT2D eigenvalue weighted by Gasteiger charge is -2.18. The fourth-order valence-corrected chi connectivity index (χ4v) is 3.37. The topological polar surface area (TPSA) is 75.4 Å². The fourth-order valence-electron chi connectivity index (χ4n) is 3.37. The average Bonchev–Trinajstić information content (AvgIpc) is 3.26. The Kier molecular flexibility index (Phi) is 4.70. The molecule has 2 aromatic heterocycles. The van der Waals surface area contributed by atoms with Gasteiger partial charge in [0.2, 0.25) is 5.91 Å². The van der Waals surface area contributed by atoms with Gasteiger partial charge in [0.25, 0.3) is 5.78 Å². The molecule has 7 nitrogen and oxygen atoms in total. The maximum Gasteiger partial charge on any atom is 0.254 e. The fraction of sp³-hybridized carbons (Fsp3) is 0.368. The summed E-state index contributed by atoms with van der Waals surface area (Å²) in [5.74, 6) is 1.00. The number of nitrogens with one attached hydrogen (secondary N) is 1. The van der Waals surface area contributed by atoms with Crippen LogP contribution in [0.25, 0.3) is 5.78 Å². The molecule has 8 heteroatoms. The molecule has 1 amide bonds. The molecule has 1 saturated heterocycles. The van der Waals surface area contributed by atoms with Crippen molar-refractivity contribution in [3.8, 4) is 0 Å². The third-order valence-corrected chi connectivity index (χ3v) is 4.72. The van der Waals surface area contributed by atoms with E-state index >= 15 is 0 Å². The van der Waals surface area contributed by atoms with Crippen molar-refractivity contribution in [2.45, 2.75) is 38.8 Å². The highest BCUT2D eigenvalue weighted by atomic mass is 19.1. The van der Waals surface area contributed by atoms with Crippen LogP contribution in [-0.4, -0.2) is 43.0 Å². The molecule has 1 N–H and O–H groups in total. The number of hydrogen-bond acceptors (Lipinski definition) is 5. The van der Waals surface area contributed by atoms with Gasteiger partial charge in [-0.15, -0.1) is 0 Å². The highest BCUT2D eigenvalue weighted by Gasteiger charge is 2.32. The number of amides is 1. The van der Waals surface area contributed by atoms with Gasteiger partial charge in [-0.05, 0) is 30.5 Å². The smallest absolute Gasteiger partial charge is 0.254 e. The van der Waals surface area contributed by atoms with Crippen molar-refractivity contribution < 1.29 is 9.18 Å². The standard InChI is InChI=1S/C19H21FN6O/c1-2-3-15-10-17(26-19(23-15)21-12-22-26)24-16-8-9-25(18(16)27)11-13-4-6-14(20)7-5-13/h4-7,10,12,16,24H,2-3,8-9,11H2,1H3. The highest BCUT2D eigenvalue weighted by molar-refractivity contribution is 5.86. The normalized spacial score (nSPS) is 17.0. The number of anilines is 1. The summed E-state index contributed by atoms with van der Waals surface area (Å²) in [7, 11) is 0. The number of carbonyl (C=O) groups is 1. The predicted molar refractivity (Wildman–Crippen MR) is 98.6 cm³/mol. The lowest BCUT2D eigenvalue weighted by atomic mass is 10.2. The SMILES string of the molecule is CCCc1cc(NC2CCN(Cc3ccc(F)cc3)C2=O)n2ncnc2n1. The molecule has 3 heterocycles. The van der Waals surface area contributed by atoms with Crippen molar-refractivity contribution in [3.63, 3.8) is 0 Å². The number of likely N-dealkylation sites (tertiary alicyclic amines) is 1. The van der Waals surface area contributed by atoms with Crippen LogP contribution in [-0.2, 0) is 17.8 Å². The Labute approximate surface area is 156 Å². The Morgan fingerprint density at radius 2 is 2.11 bits per heavy atom. The number of carbonyl (C=O) groups excluding carboxylic acids is 1. The zero-order valence-electron chi connectivity index (χ0n) is 15.1. The van der Waals surface area contributed by atoms with Crippen molar-refractivity contribution in [1.82, 2.24) is 24.5 Å². The first kappa shape index (κ1) is 17.4. The van der Waals surface area contributed by atoms with Crippen LogP contribution < -0.4 is 5.32 Å². The van der Waals surface area contributed by atoms with E-state index in [2.05, 4.69) is 27.3 Å². The van der Waals surface area contributed by atoms with Crippen LogP contribution >= 0.6 is 0 Å². The highest BCUT2D eigenvalue weighted by Crippen LogP contribution is 2.20. The Morgan fingerprint density at radius 1 is 1.30 bits per heavy atom.